The molecule has 0 radical (unpaired) electrons. The third-order valence-electron chi connectivity index (χ3n) is 4.69. The number of hydrogen-bond acceptors (Lipinski definition) is 5. The number of hydrogen-bond donors (Lipinski definition) is 1. The van der Waals surface area contributed by atoms with Gasteiger partial charge in [-0.1, -0.05) is 32.0 Å². The predicted molar refractivity (Wildman–Crippen MR) is 111 cm³/mol. The molecule has 0 aromatic heterocycles. The van der Waals surface area contributed by atoms with E-state index in [4.69, 9.17) is 9.47 Å². The Morgan fingerprint density at radius 1 is 1.24 bits per heavy atom. The van der Waals surface area contributed by atoms with E-state index in [1.165, 1.54) is 4.90 Å². The summed E-state index contributed by atoms with van der Waals surface area (Å²) in [5.74, 6) is -0.748. The minimum Gasteiger partial charge on any atom is -0.454 e. The molecule has 0 unspecified atom stereocenters. The maximum absolute atomic E-state index is 12.5. The zero-order chi connectivity index (χ0) is 21.8. The highest BCUT2D eigenvalue weighted by atomic mass is 16.6. The lowest BCUT2D eigenvalue weighted by Crippen LogP contribution is -2.44. The van der Waals surface area contributed by atoms with Crippen molar-refractivity contribution in [2.24, 2.45) is 0 Å². The van der Waals surface area contributed by atoms with E-state index in [0.29, 0.717) is 19.4 Å². The molecule has 1 aromatic rings. The molecule has 29 heavy (non-hydrogen) atoms. The Morgan fingerprint density at radius 2 is 1.93 bits per heavy atom. The summed E-state index contributed by atoms with van der Waals surface area (Å²) in [7, 11) is 0. The number of likely N-dealkylation sites (tertiary alicyclic amines) is 1. The number of rotatable bonds is 5. The molecule has 1 fully saturated rings. The standard InChI is InChI=1S/C22H32N2O5/c1-14(2)16-10-7-9-15(3)19(16)23-18(25)13-28-20(26)17-11-8-12-24(17)21(27)29-22(4,5)6/h7,9-10,14,17H,8,11-13H2,1-6H3,(H,23,25)/t17-/m0/s1. The topological polar surface area (TPSA) is 84.9 Å². The van der Waals surface area contributed by atoms with Crippen LogP contribution in [0.5, 0.6) is 0 Å². The highest BCUT2D eigenvalue weighted by Crippen LogP contribution is 2.27. The average Bonchev–Trinajstić information content (AvgIpc) is 3.09. The van der Waals surface area contributed by atoms with Gasteiger partial charge in [0.15, 0.2) is 6.61 Å². The Labute approximate surface area is 172 Å². The van der Waals surface area contributed by atoms with Gasteiger partial charge in [0.05, 0.1) is 0 Å². The lowest BCUT2D eigenvalue weighted by atomic mass is 9.98. The molecule has 1 atom stereocenters. The van der Waals surface area contributed by atoms with Gasteiger partial charge in [-0.05, 0) is 57.6 Å². The quantitative estimate of drug-likeness (QED) is 0.750. The molecule has 0 saturated carbocycles. The van der Waals surface area contributed by atoms with Crippen molar-refractivity contribution < 1.29 is 23.9 Å². The summed E-state index contributed by atoms with van der Waals surface area (Å²) in [6.45, 7) is 11.4. The number of aryl methyl sites for hydroxylation is 1. The second-order valence-electron chi connectivity index (χ2n) is 8.68. The normalized spacial score (nSPS) is 16.7. The van der Waals surface area contributed by atoms with Crippen LogP contribution in [0.25, 0.3) is 0 Å². The lowest BCUT2D eigenvalue weighted by molar-refractivity contribution is -0.151. The van der Waals surface area contributed by atoms with Crippen LogP contribution < -0.4 is 5.32 Å². The average molecular weight is 405 g/mol. The van der Waals surface area contributed by atoms with E-state index in [1.54, 1.807) is 20.8 Å². The van der Waals surface area contributed by atoms with E-state index in [-0.39, 0.29) is 5.92 Å². The Bertz CT molecular complexity index is 767. The number of benzene rings is 1. The van der Waals surface area contributed by atoms with Crippen molar-refractivity contribution in [3.63, 3.8) is 0 Å². The summed E-state index contributed by atoms with van der Waals surface area (Å²) >= 11 is 0. The Balaban J connectivity index is 1.95. The highest BCUT2D eigenvalue weighted by Gasteiger charge is 2.37. The van der Waals surface area contributed by atoms with Crippen LogP contribution in [-0.4, -0.2) is 47.7 Å². The molecule has 7 nitrogen and oxygen atoms in total. The molecule has 1 aromatic carbocycles. The first-order valence-electron chi connectivity index (χ1n) is 10.0. The van der Waals surface area contributed by atoms with Gasteiger partial charge in [0, 0.05) is 12.2 Å². The first-order chi connectivity index (χ1) is 13.5. The predicted octanol–water partition coefficient (Wildman–Crippen LogP) is 4.00. The van der Waals surface area contributed by atoms with Gasteiger partial charge in [-0.25, -0.2) is 9.59 Å². The number of para-hydroxylation sites is 1. The maximum atomic E-state index is 12.5. The van der Waals surface area contributed by atoms with Crippen LogP contribution in [0.3, 0.4) is 0 Å². The molecule has 0 bridgehead atoms. The number of carbonyl (C=O) groups excluding carboxylic acids is 3. The van der Waals surface area contributed by atoms with E-state index in [9.17, 15) is 14.4 Å². The van der Waals surface area contributed by atoms with Gasteiger partial charge in [-0.15, -0.1) is 0 Å². The first-order valence-corrected chi connectivity index (χ1v) is 10.0. The molecule has 2 amide bonds. The maximum Gasteiger partial charge on any atom is 0.411 e. The van der Waals surface area contributed by atoms with Crippen LogP contribution in [0.2, 0.25) is 0 Å². The van der Waals surface area contributed by atoms with E-state index >= 15 is 0 Å². The number of carbonyl (C=O) groups is 3. The SMILES string of the molecule is Cc1cccc(C(C)C)c1NC(=O)COC(=O)[C@@H]1CCCN1C(=O)OC(C)(C)C. The molecule has 0 spiro atoms. The largest absolute Gasteiger partial charge is 0.454 e. The van der Waals surface area contributed by atoms with Gasteiger partial charge < -0.3 is 14.8 Å². The first kappa shape index (κ1) is 22.7. The molecule has 1 heterocycles. The summed E-state index contributed by atoms with van der Waals surface area (Å²) in [4.78, 5) is 38.5. The van der Waals surface area contributed by atoms with Crippen LogP contribution in [-0.2, 0) is 19.1 Å². The zero-order valence-corrected chi connectivity index (χ0v) is 18.2. The van der Waals surface area contributed by atoms with Crippen molar-refractivity contribution in [2.45, 2.75) is 71.9 Å². The van der Waals surface area contributed by atoms with Gasteiger partial charge in [0.1, 0.15) is 11.6 Å². The Hall–Kier alpha value is -2.57. The summed E-state index contributed by atoms with van der Waals surface area (Å²) < 4.78 is 10.6. The van der Waals surface area contributed by atoms with Crippen molar-refractivity contribution >= 4 is 23.7 Å². The van der Waals surface area contributed by atoms with Crippen molar-refractivity contribution in [3.05, 3.63) is 29.3 Å². The van der Waals surface area contributed by atoms with Crippen molar-refractivity contribution in [1.29, 1.82) is 0 Å². The third kappa shape index (κ3) is 6.21. The number of nitrogens with one attached hydrogen (secondary N) is 1. The minimum atomic E-state index is -0.720. The van der Waals surface area contributed by atoms with Gasteiger partial charge in [0.2, 0.25) is 0 Å². The summed E-state index contributed by atoms with van der Waals surface area (Å²) in [6.07, 6.45) is 0.643. The number of amides is 2. The van der Waals surface area contributed by atoms with Gasteiger partial charge in [-0.2, -0.15) is 0 Å². The van der Waals surface area contributed by atoms with Gasteiger partial charge >= 0.3 is 12.1 Å². The molecule has 1 aliphatic rings. The summed E-state index contributed by atoms with van der Waals surface area (Å²) in [5, 5.41) is 2.85. The Morgan fingerprint density at radius 3 is 2.55 bits per heavy atom. The van der Waals surface area contributed by atoms with Crippen molar-refractivity contribution in [3.8, 4) is 0 Å². The number of esters is 1. The smallest absolute Gasteiger partial charge is 0.411 e. The Kier molecular flexibility index (Phi) is 7.27. The van der Waals surface area contributed by atoms with Gasteiger partial charge in [-0.3, -0.25) is 9.69 Å². The lowest BCUT2D eigenvalue weighted by Gasteiger charge is -2.27. The third-order valence-corrected chi connectivity index (χ3v) is 4.69. The van der Waals surface area contributed by atoms with Crippen LogP contribution in [0.15, 0.2) is 18.2 Å². The fraction of sp³-hybridized carbons (Fsp3) is 0.591. The van der Waals surface area contributed by atoms with Crippen LogP contribution >= 0.6 is 0 Å². The molecule has 7 heteroatoms. The zero-order valence-electron chi connectivity index (χ0n) is 18.2. The molecule has 160 valence electrons. The van der Waals surface area contributed by atoms with Crippen LogP contribution in [0, 0.1) is 6.92 Å². The molecular formula is C22H32N2O5. The van der Waals surface area contributed by atoms with E-state index in [0.717, 1.165) is 16.8 Å². The van der Waals surface area contributed by atoms with Gasteiger partial charge in [0.25, 0.3) is 5.91 Å². The number of nitrogens with zero attached hydrogens (tertiary/aromatic N) is 1. The molecule has 1 N–H and O–H groups in total. The van der Waals surface area contributed by atoms with Crippen molar-refractivity contribution in [2.75, 3.05) is 18.5 Å². The second-order valence-corrected chi connectivity index (χ2v) is 8.68. The summed E-state index contributed by atoms with van der Waals surface area (Å²) in [5.41, 5.74) is 2.08. The van der Waals surface area contributed by atoms with E-state index in [1.807, 2.05) is 25.1 Å². The number of ether oxygens (including phenoxy) is 2. The number of anilines is 1. The summed E-state index contributed by atoms with van der Waals surface area (Å²) in [6, 6.07) is 5.12. The molecule has 1 aliphatic heterocycles. The second kappa shape index (κ2) is 9.29. The van der Waals surface area contributed by atoms with E-state index < -0.39 is 36.2 Å². The fourth-order valence-corrected chi connectivity index (χ4v) is 3.30. The van der Waals surface area contributed by atoms with Crippen LogP contribution in [0.1, 0.15) is 64.5 Å². The minimum absolute atomic E-state index is 0.244. The molecule has 2 rings (SSSR count). The molecular weight excluding hydrogens is 372 g/mol. The van der Waals surface area contributed by atoms with Crippen LogP contribution in [0.4, 0.5) is 10.5 Å². The monoisotopic (exact) mass is 404 g/mol. The highest BCUT2D eigenvalue weighted by molar-refractivity contribution is 5.95. The fourth-order valence-electron chi connectivity index (χ4n) is 3.30. The van der Waals surface area contributed by atoms with Crippen molar-refractivity contribution in [1.82, 2.24) is 4.90 Å². The molecule has 1 saturated heterocycles. The van der Waals surface area contributed by atoms with E-state index in [2.05, 4.69) is 19.2 Å². The molecule has 0 aliphatic carbocycles.